The Labute approximate surface area is 117 Å². The van der Waals surface area contributed by atoms with Gasteiger partial charge in [0.25, 0.3) is 5.91 Å². The molecule has 1 aromatic rings. The number of nitrogens with one attached hydrogen (secondary N) is 1. The molecular formula is C14H20N2O4. The second-order valence-corrected chi connectivity index (χ2v) is 5.23. The lowest BCUT2D eigenvalue weighted by Crippen LogP contribution is -2.41. The number of hydrogen-bond acceptors (Lipinski definition) is 3. The zero-order valence-corrected chi connectivity index (χ0v) is 12.1. The molecule has 20 heavy (non-hydrogen) atoms. The highest BCUT2D eigenvalue weighted by Crippen LogP contribution is 2.07. The Hall–Kier alpha value is -2.11. The highest BCUT2D eigenvalue weighted by molar-refractivity contribution is 5.94. The second kappa shape index (κ2) is 6.36. The second-order valence-electron chi connectivity index (χ2n) is 5.23. The number of hydrogen-bond donors (Lipinski definition) is 2. The van der Waals surface area contributed by atoms with Gasteiger partial charge in [0.2, 0.25) is 0 Å². The van der Waals surface area contributed by atoms with Crippen LogP contribution in [0.5, 0.6) is 0 Å². The summed E-state index contributed by atoms with van der Waals surface area (Å²) in [5.41, 5.74) is 0.405. The third-order valence-corrected chi connectivity index (χ3v) is 3.24. The first-order chi connectivity index (χ1) is 9.22. The molecule has 0 fully saturated rings. The number of pyridine rings is 1. The average Bonchev–Trinajstić information content (AvgIpc) is 2.32. The molecule has 1 unspecified atom stereocenters. The van der Waals surface area contributed by atoms with Crippen molar-refractivity contribution in [2.75, 3.05) is 0 Å². The number of amides is 1. The van der Waals surface area contributed by atoms with Crippen LogP contribution < -0.4 is 10.7 Å². The molecule has 0 aliphatic carbocycles. The Bertz CT molecular complexity index is 575. The monoisotopic (exact) mass is 280 g/mol. The van der Waals surface area contributed by atoms with Gasteiger partial charge in [0, 0.05) is 31.0 Å². The number of aryl methyl sites for hydroxylation is 2. The number of carbonyl (C=O) groups excluding carboxylic acids is 1. The largest absolute Gasteiger partial charge is 0.481 e. The van der Waals surface area contributed by atoms with E-state index in [-0.39, 0.29) is 23.3 Å². The molecule has 0 saturated carbocycles. The summed E-state index contributed by atoms with van der Waals surface area (Å²) in [6, 6.07) is 0.877. The molecule has 6 heteroatoms. The van der Waals surface area contributed by atoms with Crippen LogP contribution in [0.15, 0.2) is 17.1 Å². The molecule has 0 radical (unpaired) electrons. The first-order valence-electron chi connectivity index (χ1n) is 6.42. The highest BCUT2D eigenvalue weighted by Gasteiger charge is 2.21. The number of rotatable bonds is 5. The predicted molar refractivity (Wildman–Crippen MR) is 74.8 cm³/mol. The zero-order valence-electron chi connectivity index (χ0n) is 12.1. The van der Waals surface area contributed by atoms with Gasteiger partial charge in [-0.1, -0.05) is 13.8 Å². The van der Waals surface area contributed by atoms with Crippen molar-refractivity contribution in [1.82, 2.24) is 9.88 Å². The van der Waals surface area contributed by atoms with Crippen LogP contribution in [-0.4, -0.2) is 27.6 Å². The summed E-state index contributed by atoms with van der Waals surface area (Å²) in [6.07, 6.45) is 1.29. The van der Waals surface area contributed by atoms with Crippen molar-refractivity contribution in [1.29, 1.82) is 0 Å². The van der Waals surface area contributed by atoms with E-state index in [4.69, 9.17) is 5.11 Å². The van der Waals surface area contributed by atoms with E-state index in [1.165, 1.54) is 12.3 Å². The van der Waals surface area contributed by atoms with Gasteiger partial charge in [-0.05, 0) is 12.8 Å². The summed E-state index contributed by atoms with van der Waals surface area (Å²) in [4.78, 5) is 34.7. The molecule has 0 spiro atoms. The van der Waals surface area contributed by atoms with Gasteiger partial charge in [0.15, 0.2) is 5.43 Å². The molecule has 1 aromatic heterocycles. The topological polar surface area (TPSA) is 88.4 Å². The van der Waals surface area contributed by atoms with Gasteiger partial charge < -0.3 is 15.0 Å². The van der Waals surface area contributed by atoms with Gasteiger partial charge >= 0.3 is 5.97 Å². The molecule has 1 atom stereocenters. The Morgan fingerprint density at radius 2 is 2.00 bits per heavy atom. The van der Waals surface area contributed by atoms with Crippen molar-refractivity contribution in [3.05, 3.63) is 33.7 Å². The van der Waals surface area contributed by atoms with Crippen molar-refractivity contribution >= 4 is 11.9 Å². The average molecular weight is 280 g/mol. The quantitative estimate of drug-likeness (QED) is 0.839. The minimum Gasteiger partial charge on any atom is -0.481 e. The van der Waals surface area contributed by atoms with Gasteiger partial charge in [0.05, 0.1) is 6.42 Å². The summed E-state index contributed by atoms with van der Waals surface area (Å²) < 4.78 is 1.68. The molecule has 6 nitrogen and oxygen atoms in total. The predicted octanol–water partition coefficient (Wildman–Crippen LogP) is 0.923. The molecule has 0 bridgehead atoms. The third kappa shape index (κ3) is 3.94. The van der Waals surface area contributed by atoms with Gasteiger partial charge in [0.1, 0.15) is 5.56 Å². The molecule has 0 saturated heterocycles. The smallest absolute Gasteiger partial charge is 0.305 e. The Morgan fingerprint density at radius 3 is 2.50 bits per heavy atom. The maximum atomic E-state index is 12.1. The van der Waals surface area contributed by atoms with Crippen molar-refractivity contribution < 1.29 is 14.7 Å². The van der Waals surface area contributed by atoms with Crippen LogP contribution in [0.25, 0.3) is 0 Å². The van der Waals surface area contributed by atoms with Crippen LogP contribution in [-0.2, 0) is 11.8 Å². The van der Waals surface area contributed by atoms with E-state index >= 15 is 0 Å². The molecular weight excluding hydrogens is 260 g/mol. The van der Waals surface area contributed by atoms with Crippen LogP contribution >= 0.6 is 0 Å². The molecule has 1 heterocycles. The highest BCUT2D eigenvalue weighted by atomic mass is 16.4. The van der Waals surface area contributed by atoms with Crippen LogP contribution in [0.1, 0.15) is 36.3 Å². The Kier molecular flexibility index (Phi) is 5.07. The number of aliphatic carboxylic acids is 1. The number of aromatic nitrogens is 1. The fourth-order valence-corrected chi connectivity index (χ4v) is 1.79. The number of nitrogens with zero attached hydrogens (tertiary/aromatic N) is 1. The molecule has 110 valence electrons. The first-order valence-corrected chi connectivity index (χ1v) is 6.42. The normalized spacial score (nSPS) is 12.2. The van der Waals surface area contributed by atoms with Gasteiger partial charge in [-0.2, -0.15) is 0 Å². The van der Waals surface area contributed by atoms with Gasteiger partial charge in [-0.15, -0.1) is 0 Å². The van der Waals surface area contributed by atoms with Gasteiger partial charge in [-0.3, -0.25) is 14.4 Å². The lowest BCUT2D eigenvalue weighted by Gasteiger charge is -2.20. The molecule has 2 N–H and O–H groups in total. The zero-order chi connectivity index (χ0) is 15.4. The summed E-state index contributed by atoms with van der Waals surface area (Å²) in [6.45, 7) is 5.41. The summed E-state index contributed by atoms with van der Waals surface area (Å²) in [7, 11) is 1.74. The van der Waals surface area contributed by atoms with E-state index in [0.29, 0.717) is 0 Å². The molecule has 0 aromatic carbocycles. The SMILES string of the molecule is Cc1cc(=O)c(C(=O)NC(CC(=O)O)C(C)C)cn1C. The van der Waals surface area contributed by atoms with Crippen LogP contribution in [0, 0.1) is 12.8 Å². The van der Waals surface area contributed by atoms with E-state index < -0.39 is 17.9 Å². The van der Waals surface area contributed by atoms with Crippen molar-refractivity contribution in [3.63, 3.8) is 0 Å². The van der Waals surface area contributed by atoms with E-state index in [2.05, 4.69) is 5.32 Å². The summed E-state index contributed by atoms with van der Waals surface area (Å²) in [5.74, 6) is -1.56. The maximum absolute atomic E-state index is 12.1. The summed E-state index contributed by atoms with van der Waals surface area (Å²) >= 11 is 0. The minimum atomic E-state index is -0.985. The van der Waals surface area contributed by atoms with Crippen LogP contribution in [0.3, 0.4) is 0 Å². The maximum Gasteiger partial charge on any atom is 0.305 e. The molecule has 1 rings (SSSR count). The van der Waals surface area contributed by atoms with E-state index in [0.717, 1.165) is 5.69 Å². The summed E-state index contributed by atoms with van der Waals surface area (Å²) in [5, 5.41) is 11.5. The Morgan fingerprint density at radius 1 is 1.40 bits per heavy atom. The fraction of sp³-hybridized carbons (Fsp3) is 0.500. The standard InChI is InChI=1S/C14H20N2O4/c1-8(2)11(6-13(18)19)15-14(20)10-7-16(4)9(3)5-12(10)17/h5,7-8,11H,6H2,1-4H3,(H,15,20)(H,18,19). The Balaban J connectivity index is 2.98. The van der Waals surface area contributed by atoms with Crippen LogP contribution in [0.4, 0.5) is 0 Å². The third-order valence-electron chi connectivity index (χ3n) is 3.24. The lowest BCUT2D eigenvalue weighted by molar-refractivity contribution is -0.137. The lowest BCUT2D eigenvalue weighted by atomic mass is 10.0. The number of carbonyl (C=O) groups is 2. The molecule has 0 aliphatic heterocycles. The molecule has 0 aliphatic rings. The van der Waals surface area contributed by atoms with E-state index in [1.54, 1.807) is 18.5 Å². The van der Waals surface area contributed by atoms with E-state index in [9.17, 15) is 14.4 Å². The number of carboxylic acid groups (broad SMARTS) is 1. The van der Waals surface area contributed by atoms with E-state index in [1.807, 2.05) is 13.8 Å². The van der Waals surface area contributed by atoms with Crippen LogP contribution in [0.2, 0.25) is 0 Å². The van der Waals surface area contributed by atoms with Gasteiger partial charge in [-0.25, -0.2) is 0 Å². The number of carboxylic acids is 1. The molecule has 1 amide bonds. The van der Waals surface area contributed by atoms with Crippen molar-refractivity contribution in [2.24, 2.45) is 13.0 Å². The first kappa shape index (κ1) is 15.9. The fourth-order valence-electron chi connectivity index (χ4n) is 1.79. The van der Waals surface area contributed by atoms with Crippen molar-refractivity contribution in [3.8, 4) is 0 Å². The minimum absolute atomic E-state index is 0.0224. The van der Waals surface area contributed by atoms with Crippen molar-refractivity contribution in [2.45, 2.75) is 33.2 Å².